The van der Waals surface area contributed by atoms with E-state index in [4.69, 9.17) is 9.84 Å². The zero-order chi connectivity index (χ0) is 11.3. The summed E-state index contributed by atoms with van der Waals surface area (Å²) in [6.45, 7) is 1.93. The molecule has 3 atom stereocenters. The van der Waals surface area contributed by atoms with Crippen LogP contribution in [-0.4, -0.2) is 34.8 Å². The summed E-state index contributed by atoms with van der Waals surface area (Å²) in [6, 6.07) is 0. The molecule has 88 valence electrons. The van der Waals surface area contributed by atoms with Crippen LogP contribution in [0.25, 0.3) is 0 Å². The molecule has 0 radical (unpaired) electrons. The fraction of sp³-hybridized carbons (Fsp3) is 0.909. The number of thioether (sulfide) groups is 1. The Balaban J connectivity index is 2.39. The van der Waals surface area contributed by atoms with Crippen molar-refractivity contribution in [1.29, 1.82) is 0 Å². The van der Waals surface area contributed by atoms with Crippen LogP contribution in [0.5, 0.6) is 0 Å². The molecule has 15 heavy (non-hydrogen) atoms. The van der Waals surface area contributed by atoms with Gasteiger partial charge in [0.1, 0.15) is 5.25 Å². The summed E-state index contributed by atoms with van der Waals surface area (Å²) in [6.07, 6.45) is 5.46. The van der Waals surface area contributed by atoms with E-state index in [1.54, 1.807) is 18.9 Å². The Morgan fingerprint density at radius 2 is 2.33 bits per heavy atom. The van der Waals surface area contributed by atoms with Crippen molar-refractivity contribution in [1.82, 2.24) is 0 Å². The predicted octanol–water partition coefficient (Wildman–Crippen LogP) is 2.54. The smallest absolute Gasteiger partial charge is 0.316 e. The summed E-state index contributed by atoms with van der Waals surface area (Å²) in [5.74, 6) is -0.679. The molecule has 1 N–H and O–H groups in total. The lowest BCUT2D eigenvalue weighted by Gasteiger charge is -2.29. The van der Waals surface area contributed by atoms with E-state index in [0.29, 0.717) is 17.8 Å². The van der Waals surface area contributed by atoms with Crippen molar-refractivity contribution >= 4 is 17.7 Å². The van der Waals surface area contributed by atoms with Gasteiger partial charge in [0, 0.05) is 12.4 Å². The van der Waals surface area contributed by atoms with E-state index >= 15 is 0 Å². The van der Waals surface area contributed by atoms with Crippen LogP contribution in [0.2, 0.25) is 0 Å². The molecule has 4 heteroatoms. The fourth-order valence-electron chi connectivity index (χ4n) is 2.00. The first-order valence-corrected chi connectivity index (χ1v) is 6.52. The maximum atomic E-state index is 10.9. The number of hydrogen-bond donors (Lipinski definition) is 1. The first-order valence-electron chi connectivity index (χ1n) is 5.58. The molecule has 0 spiro atoms. The molecule has 0 heterocycles. The number of carboxylic acid groups (broad SMARTS) is 1. The van der Waals surface area contributed by atoms with E-state index in [9.17, 15) is 4.79 Å². The monoisotopic (exact) mass is 232 g/mol. The van der Waals surface area contributed by atoms with Gasteiger partial charge in [-0.05, 0) is 32.1 Å². The second-order valence-electron chi connectivity index (χ2n) is 4.02. The number of rotatable bonds is 5. The second-order valence-corrected chi connectivity index (χ2v) is 5.53. The molecule has 1 rings (SSSR count). The minimum absolute atomic E-state index is 0.245. The quantitative estimate of drug-likeness (QED) is 0.791. The standard InChI is InChI=1S/C11H20O3S/c1-3-10(11(12)13)15-9-6-4-5-8(7-9)14-2/h8-10H,3-7H2,1-2H3,(H,12,13). The molecular weight excluding hydrogens is 212 g/mol. The summed E-state index contributed by atoms with van der Waals surface area (Å²) in [4.78, 5) is 10.9. The van der Waals surface area contributed by atoms with Gasteiger partial charge in [-0.1, -0.05) is 6.92 Å². The molecule has 0 aliphatic heterocycles. The molecule has 0 saturated heterocycles. The minimum Gasteiger partial charge on any atom is -0.480 e. The SMILES string of the molecule is CCC(SC1CCCC(OC)C1)C(=O)O. The van der Waals surface area contributed by atoms with Crippen molar-refractivity contribution in [3.05, 3.63) is 0 Å². The Kier molecular flexibility index (Phi) is 5.47. The van der Waals surface area contributed by atoms with E-state index in [-0.39, 0.29) is 5.25 Å². The van der Waals surface area contributed by atoms with Gasteiger partial charge in [-0.15, -0.1) is 11.8 Å². The molecule has 1 fully saturated rings. The number of carboxylic acids is 1. The lowest BCUT2D eigenvalue weighted by Crippen LogP contribution is -2.27. The summed E-state index contributed by atoms with van der Waals surface area (Å²) < 4.78 is 5.34. The van der Waals surface area contributed by atoms with Gasteiger partial charge in [0.2, 0.25) is 0 Å². The summed E-state index contributed by atoms with van der Waals surface area (Å²) in [5.41, 5.74) is 0. The van der Waals surface area contributed by atoms with Crippen molar-refractivity contribution in [3.63, 3.8) is 0 Å². The Labute approximate surface area is 95.6 Å². The third-order valence-electron chi connectivity index (χ3n) is 2.91. The van der Waals surface area contributed by atoms with Gasteiger partial charge >= 0.3 is 5.97 Å². The minimum atomic E-state index is -0.679. The number of hydrogen-bond acceptors (Lipinski definition) is 3. The first-order chi connectivity index (χ1) is 7.17. The van der Waals surface area contributed by atoms with E-state index in [2.05, 4.69) is 0 Å². The molecule has 0 aromatic carbocycles. The normalized spacial score (nSPS) is 28.7. The topological polar surface area (TPSA) is 46.5 Å². The molecule has 0 aromatic heterocycles. The van der Waals surface area contributed by atoms with Gasteiger partial charge in [0.15, 0.2) is 0 Å². The average Bonchev–Trinajstić information content (AvgIpc) is 2.25. The summed E-state index contributed by atoms with van der Waals surface area (Å²) in [7, 11) is 1.74. The van der Waals surface area contributed by atoms with Crippen LogP contribution in [0.15, 0.2) is 0 Å². The first kappa shape index (κ1) is 12.8. The Morgan fingerprint density at radius 3 is 2.87 bits per heavy atom. The van der Waals surface area contributed by atoms with Crippen LogP contribution in [0.1, 0.15) is 39.0 Å². The highest BCUT2D eigenvalue weighted by molar-refractivity contribution is 8.01. The Morgan fingerprint density at radius 1 is 1.60 bits per heavy atom. The van der Waals surface area contributed by atoms with Gasteiger partial charge in [0.05, 0.1) is 6.10 Å². The fourth-order valence-corrected chi connectivity index (χ4v) is 3.40. The molecule has 1 aliphatic rings. The van der Waals surface area contributed by atoms with Crippen LogP contribution < -0.4 is 0 Å². The van der Waals surface area contributed by atoms with Crippen molar-refractivity contribution in [2.24, 2.45) is 0 Å². The highest BCUT2D eigenvalue weighted by atomic mass is 32.2. The largest absolute Gasteiger partial charge is 0.480 e. The van der Waals surface area contributed by atoms with E-state index in [0.717, 1.165) is 25.7 Å². The van der Waals surface area contributed by atoms with Crippen LogP contribution in [-0.2, 0) is 9.53 Å². The Bertz CT molecular complexity index is 208. The van der Waals surface area contributed by atoms with Crippen LogP contribution >= 0.6 is 11.8 Å². The maximum absolute atomic E-state index is 10.9. The van der Waals surface area contributed by atoms with Crippen LogP contribution in [0.3, 0.4) is 0 Å². The number of ether oxygens (including phenoxy) is 1. The molecule has 0 amide bonds. The number of aliphatic carboxylic acids is 1. The molecule has 0 bridgehead atoms. The third-order valence-corrected chi connectivity index (χ3v) is 4.59. The van der Waals surface area contributed by atoms with E-state index in [1.165, 1.54) is 0 Å². The molecule has 3 unspecified atom stereocenters. The zero-order valence-electron chi connectivity index (χ0n) is 9.44. The summed E-state index contributed by atoms with van der Waals surface area (Å²) >= 11 is 1.61. The number of methoxy groups -OCH3 is 1. The van der Waals surface area contributed by atoms with Crippen LogP contribution in [0, 0.1) is 0 Å². The third kappa shape index (κ3) is 4.03. The van der Waals surface area contributed by atoms with Gasteiger partial charge in [0.25, 0.3) is 0 Å². The van der Waals surface area contributed by atoms with Crippen molar-refractivity contribution in [2.45, 2.75) is 55.6 Å². The highest BCUT2D eigenvalue weighted by Crippen LogP contribution is 2.33. The molecule has 1 aliphatic carbocycles. The molecular formula is C11H20O3S. The van der Waals surface area contributed by atoms with E-state index in [1.807, 2.05) is 6.92 Å². The van der Waals surface area contributed by atoms with Gasteiger partial charge in [-0.25, -0.2) is 0 Å². The lowest BCUT2D eigenvalue weighted by molar-refractivity contribution is -0.136. The molecule has 0 aromatic rings. The van der Waals surface area contributed by atoms with Gasteiger partial charge in [-0.3, -0.25) is 4.79 Å². The van der Waals surface area contributed by atoms with Crippen molar-refractivity contribution < 1.29 is 14.6 Å². The lowest BCUT2D eigenvalue weighted by atomic mass is 9.97. The molecule has 3 nitrogen and oxygen atoms in total. The summed E-state index contributed by atoms with van der Waals surface area (Å²) in [5, 5.41) is 9.19. The average molecular weight is 232 g/mol. The zero-order valence-corrected chi connectivity index (χ0v) is 10.3. The van der Waals surface area contributed by atoms with Crippen LogP contribution in [0.4, 0.5) is 0 Å². The van der Waals surface area contributed by atoms with Gasteiger partial charge in [-0.2, -0.15) is 0 Å². The maximum Gasteiger partial charge on any atom is 0.316 e. The predicted molar refractivity (Wildman–Crippen MR) is 62.4 cm³/mol. The molecule has 1 saturated carbocycles. The van der Waals surface area contributed by atoms with Crippen molar-refractivity contribution in [3.8, 4) is 0 Å². The Hall–Kier alpha value is -0.220. The highest BCUT2D eigenvalue weighted by Gasteiger charge is 2.26. The number of carbonyl (C=O) groups is 1. The second kappa shape index (κ2) is 6.38. The van der Waals surface area contributed by atoms with Crippen molar-refractivity contribution in [2.75, 3.05) is 7.11 Å². The van der Waals surface area contributed by atoms with Gasteiger partial charge < -0.3 is 9.84 Å². The van der Waals surface area contributed by atoms with E-state index < -0.39 is 5.97 Å².